The molecule has 0 bridgehead atoms. The second kappa shape index (κ2) is 7.76. The molecule has 2 atom stereocenters. The Kier molecular flexibility index (Phi) is 6.32. The van der Waals surface area contributed by atoms with Gasteiger partial charge in [0, 0.05) is 12.6 Å². The molecule has 2 unspecified atom stereocenters. The maximum atomic E-state index is 10.7. The van der Waals surface area contributed by atoms with E-state index in [2.05, 4.69) is 5.32 Å². The topological polar surface area (TPSA) is 78.8 Å². The van der Waals surface area contributed by atoms with Crippen LogP contribution in [-0.4, -0.2) is 41.5 Å². The van der Waals surface area contributed by atoms with Gasteiger partial charge in [0.1, 0.15) is 12.4 Å². The van der Waals surface area contributed by atoms with Crippen molar-refractivity contribution in [2.24, 2.45) is 0 Å². The number of hydrogen-bond acceptors (Lipinski definition) is 4. The molecular formula is C14H21NO4. The van der Waals surface area contributed by atoms with Crippen LogP contribution in [0.3, 0.4) is 0 Å². The molecule has 1 aromatic carbocycles. The molecular weight excluding hydrogens is 246 g/mol. The number of aliphatic hydroxyl groups is 1. The standard InChI is InChI=1S/C14H21NO4/c1-10(9-11(2)16)15-7-8-19-13-5-3-12(4-6-13)14(17)18/h3-6,10-11,15-16H,7-9H2,1-2H3,(H,17,18). The van der Waals surface area contributed by atoms with Gasteiger partial charge >= 0.3 is 5.97 Å². The SMILES string of the molecule is CC(O)CC(C)NCCOc1ccc(C(=O)O)cc1. The van der Waals surface area contributed by atoms with Gasteiger partial charge < -0.3 is 20.3 Å². The minimum absolute atomic E-state index is 0.234. The summed E-state index contributed by atoms with van der Waals surface area (Å²) in [7, 11) is 0. The summed E-state index contributed by atoms with van der Waals surface area (Å²) >= 11 is 0. The van der Waals surface area contributed by atoms with E-state index in [1.54, 1.807) is 19.1 Å². The number of ether oxygens (including phenoxy) is 1. The van der Waals surface area contributed by atoms with Gasteiger partial charge in [-0.05, 0) is 44.5 Å². The Labute approximate surface area is 113 Å². The number of hydrogen-bond donors (Lipinski definition) is 3. The number of carboxylic acid groups (broad SMARTS) is 1. The van der Waals surface area contributed by atoms with Gasteiger partial charge in [0.15, 0.2) is 0 Å². The van der Waals surface area contributed by atoms with Crippen molar-refractivity contribution in [1.29, 1.82) is 0 Å². The van der Waals surface area contributed by atoms with Gasteiger partial charge in [0.05, 0.1) is 11.7 Å². The third-order valence-electron chi connectivity index (χ3n) is 2.66. The van der Waals surface area contributed by atoms with Crippen LogP contribution in [0.15, 0.2) is 24.3 Å². The Balaban J connectivity index is 2.24. The van der Waals surface area contributed by atoms with Gasteiger partial charge in [0.25, 0.3) is 0 Å². The van der Waals surface area contributed by atoms with Crippen molar-refractivity contribution >= 4 is 5.97 Å². The van der Waals surface area contributed by atoms with Crippen molar-refractivity contribution in [3.05, 3.63) is 29.8 Å². The zero-order valence-corrected chi connectivity index (χ0v) is 11.3. The van der Waals surface area contributed by atoms with E-state index < -0.39 is 5.97 Å². The molecule has 19 heavy (non-hydrogen) atoms. The van der Waals surface area contributed by atoms with Crippen molar-refractivity contribution in [3.8, 4) is 5.75 Å². The van der Waals surface area contributed by atoms with Gasteiger partial charge in [-0.15, -0.1) is 0 Å². The molecule has 1 rings (SSSR count). The van der Waals surface area contributed by atoms with E-state index in [-0.39, 0.29) is 17.7 Å². The van der Waals surface area contributed by atoms with Gasteiger partial charge in [-0.1, -0.05) is 0 Å². The first-order chi connectivity index (χ1) is 8.99. The first-order valence-corrected chi connectivity index (χ1v) is 6.36. The second-order valence-corrected chi connectivity index (χ2v) is 4.62. The first-order valence-electron chi connectivity index (χ1n) is 6.36. The number of aliphatic hydroxyl groups excluding tert-OH is 1. The number of aromatic carboxylic acids is 1. The molecule has 1 aromatic rings. The quantitative estimate of drug-likeness (QED) is 0.622. The molecule has 106 valence electrons. The molecule has 0 saturated heterocycles. The summed E-state index contributed by atoms with van der Waals surface area (Å²) in [4.78, 5) is 10.7. The van der Waals surface area contributed by atoms with E-state index in [4.69, 9.17) is 9.84 Å². The molecule has 0 spiro atoms. The largest absolute Gasteiger partial charge is 0.492 e. The Morgan fingerprint density at radius 1 is 1.32 bits per heavy atom. The lowest BCUT2D eigenvalue weighted by Crippen LogP contribution is -2.32. The molecule has 5 heteroatoms. The summed E-state index contributed by atoms with van der Waals surface area (Å²) in [6.45, 7) is 4.94. The number of carbonyl (C=O) groups is 1. The molecule has 5 nitrogen and oxygen atoms in total. The van der Waals surface area contributed by atoms with Crippen LogP contribution in [0.2, 0.25) is 0 Å². The van der Waals surface area contributed by atoms with Crippen molar-refractivity contribution in [2.45, 2.75) is 32.4 Å². The normalized spacial score (nSPS) is 13.8. The van der Waals surface area contributed by atoms with E-state index in [1.165, 1.54) is 12.1 Å². The fraction of sp³-hybridized carbons (Fsp3) is 0.500. The molecule has 0 fully saturated rings. The van der Waals surface area contributed by atoms with Crippen molar-refractivity contribution in [2.75, 3.05) is 13.2 Å². The summed E-state index contributed by atoms with van der Waals surface area (Å²) in [6.07, 6.45) is 0.389. The average molecular weight is 267 g/mol. The summed E-state index contributed by atoms with van der Waals surface area (Å²) < 4.78 is 5.48. The highest BCUT2D eigenvalue weighted by Gasteiger charge is 2.05. The molecule has 0 radical (unpaired) electrons. The summed E-state index contributed by atoms with van der Waals surface area (Å²) in [6, 6.07) is 6.55. The van der Waals surface area contributed by atoms with Crippen LogP contribution < -0.4 is 10.1 Å². The lowest BCUT2D eigenvalue weighted by Gasteiger charge is -2.15. The number of benzene rings is 1. The van der Waals surface area contributed by atoms with Gasteiger partial charge in [0.2, 0.25) is 0 Å². The van der Waals surface area contributed by atoms with Crippen LogP contribution in [-0.2, 0) is 0 Å². The van der Waals surface area contributed by atoms with Crippen LogP contribution >= 0.6 is 0 Å². The third-order valence-corrected chi connectivity index (χ3v) is 2.66. The molecule has 0 aromatic heterocycles. The molecule has 3 N–H and O–H groups in total. The summed E-state index contributed by atoms with van der Waals surface area (Å²) in [5.41, 5.74) is 0.246. The zero-order valence-electron chi connectivity index (χ0n) is 11.3. The van der Waals surface area contributed by atoms with Crippen molar-refractivity contribution in [3.63, 3.8) is 0 Å². The highest BCUT2D eigenvalue weighted by molar-refractivity contribution is 5.87. The Bertz CT molecular complexity index is 389. The molecule has 0 aliphatic carbocycles. The smallest absolute Gasteiger partial charge is 0.335 e. The molecule has 0 saturated carbocycles. The van der Waals surface area contributed by atoms with Gasteiger partial charge in [-0.25, -0.2) is 4.79 Å². The predicted octanol–water partition coefficient (Wildman–Crippen LogP) is 1.51. The Morgan fingerprint density at radius 3 is 2.47 bits per heavy atom. The summed E-state index contributed by atoms with van der Waals surface area (Å²) in [5.74, 6) is -0.296. The van der Waals surface area contributed by atoms with Crippen molar-refractivity contribution in [1.82, 2.24) is 5.32 Å². The Hall–Kier alpha value is -1.59. The van der Waals surface area contributed by atoms with Crippen LogP contribution in [0.25, 0.3) is 0 Å². The minimum atomic E-state index is -0.944. The number of nitrogens with one attached hydrogen (secondary N) is 1. The molecule has 0 heterocycles. The van der Waals surface area contributed by atoms with Crippen LogP contribution in [0.4, 0.5) is 0 Å². The third kappa shape index (κ3) is 6.22. The summed E-state index contributed by atoms with van der Waals surface area (Å²) in [5, 5.41) is 21.2. The second-order valence-electron chi connectivity index (χ2n) is 4.62. The zero-order chi connectivity index (χ0) is 14.3. The van der Waals surface area contributed by atoms with E-state index in [9.17, 15) is 9.90 Å². The fourth-order valence-electron chi connectivity index (χ4n) is 1.76. The minimum Gasteiger partial charge on any atom is -0.492 e. The van der Waals surface area contributed by atoms with E-state index in [0.29, 0.717) is 25.3 Å². The van der Waals surface area contributed by atoms with Crippen molar-refractivity contribution < 1.29 is 19.7 Å². The van der Waals surface area contributed by atoms with Gasteiger partial charge in [-0.3, -0.25) is 0 Å². The van der Waals surface area contributed by atoms with E-state index in [0.717, 1.165) is 0 Å². The monoisotopic (exact) mass is 267 g/mol. The Morgan fingerprint density at radius 2 is 1.95 bits per heavy atom. The highest BCUT2D eigenvalue weighted by atomic mass is 16.5. The first kappa shape index (κ1) is 15.5. The number of carboxylic acids is 1. The maximum absolute atomic E-state index is 10.7. The van der Waals surface area contributed by atoms with E-state index in [1.807, 2.05) is 6.92 Å². The average Bonchev–Trinajstić information content (AvgIpc) is 2.34. The highest BCUT2D eigenvalue weighted by Crippen LogP contribution is 2.11. The predicted molar refractivity (Wildman–Crippen MR) is 72.7 cm³/mol. The molecule has 0 amide bonds. The van der Waals surface area contributed by atoms with Gasteiger partial charge in [-0.2, -0.15) is 0 Å². The van der Waals surface area contributed by atoms with Crippen LogP contribution in [0, 0.1) is 0 Å². The lowest BCUT2D eigenvalue weighted by atomic mass is 10.1. The molecule has 0 aliphatic heterocycles. The maximum Gasteiger partial charge on any atom is 0.335 e. The molecule has 0 aliphatic rings. The fourth-order valence-corrected chi connectivity index (χ4v) is 1.76. The van der Waals surface area contributed by atoms with Crippen LogP contribution in [0.1, 0.15) is 30.6 Å². The lowest BCUT2D eigenvalue weighted by molar-refractivity contribution is 0.0697. The number of rotatable bonds is 8. The van der Waals surface area contributed by atoms with Crippen LogP contribution in [0.5, 0.6) is 5.75 Å². The van der Waals surface area contributed by atoms with E-state index >= 15 is 0 Å².